The zero-order valence-electron chi connectivity index (χ0n) is 14.2. The number of carbonyl (C=O) groups is 1. The lowest BCUT2D eigenvalue weighted by Gasteiger charge is -2.31. The van der Waals surface area contributed by atoms with Crippen LogP contribution in [-0.2, 0) is 19.3 Å². The minimum atomic E-state index is -0.160. The highest BCUT2D eigenvalue weighted by atomic mass is 17.2. The molecular formula is C16H32O4. The average Bonchev–Trinajstić information content (AvgIpc) is 2.54. The van der Waals surface area contributed by atoms with Gasteiger partial charge in [0.1, 0.15) is 5.60 Å². The van der Waals surface area contributed by atoms with E-state index >= 15 is 0 Å². The van der Waals surface area contributed by atoms with Gasteiger partial charge in [-0.2, -0.15) is 0 Å². The molecule has 1 atom stereocenters. The van der Waals surface area contributed by atoms with Crippen molar-refractivity contribution in [2.45, 2.75) is 85.9 Å². The van der Waals surface area contributed by atoms with Gasteiger partial charge in [-0.3, -0.25) is 4.79 Å². The van der Waals surface area contributed by atoms with E-state index in [-0.39, 0.29) is 23.1 Å². The third kappa shape index (κ3) is 5.80. The molecule has 0 N–H and O–H groups in total. The second kappa shape index (κ2) is 8.63. The number of carbonyl (C=O) groups excluding carboxylic acids is 1. The summed E-state index contributed by atoms with van der Waals surface area (Å²) in [5.41, 5.74) is -0.0561. The second-order valence-corrected chi connectivity index (χ2v) is 6.32. The lowest BCUT2D eigenvalue weighted by molar-refractivity contribution is -0.316. The molecule has 0 saturated carbocycles. The highest BCUT2D eigenvalue weighted by molar-refractivity contribution is 5.69. The Morgan fingerprint density at radius 2 is 1.75 bits per heavy atom. The summed E-state index contributed by atoms with van der Waals surface area (Å²) in [5.74, 6) is -0.0593. The minimum Gasteiger partial charge on any atom is -0.466 e. The van der Waals surface area contributed by atoms with Gasteiger partial charge in [0.25, 0.3) is 0 Å². The SMILES string of the molecule is CC1OOC(C)(C)C1(C)C.CCCCCC(=O)OCC. The van der Waals surface area contributed by atoms with Crippen LogP contribution in [0.25, 0.3) is 0 Å². The fraction of sp³-hybridized carbons (Fsp3) is 0.938. The maximum absolute atomic E-state index is 10.7. The molecule has 0 aromatic rings. The fourth-order valence-electron chi connectivity index (χ4n) is 1.66. The smallest absolute Gasteiger partial charge is 0.305 e. The van der Waals surface area contributed by atoms with E-state index in [1.54, 1.807) is 0 Å². The largest absolute Gasteiger partial charge is 0.466 e. The number of ether oxygens (including phenoxy) is 1. The third-order valence-electron chi connectivity index (χ3n) is 4.26. The molecule has 0 bridgehead atoms. The van der Waals surface area contributed by atoms with Crippen molar-refractivity contribution in [3.8, 4) is 0 Å². The lowest BCUT2D eigenvalue weighted by Crippen LogP contribution is -2.39. The molecule has 1 unspecified atom stereocenters. The molecule has 1 aliphatic heterocycles. The van der Waals surface area contributed by atoms with Crippen LogP contribution in [0.4, 0.5) is 0 Å². The Bertz CT molecular complexity index is 284. The normalized spacial score (nSPS) is 22.9. The maximum Gasteiger partial charge on any atom is 0.305 e. The van der Waals surface area contributed by atoms with Crippen molar-refractivity contribution < 1.29 is 19.3 Å². The van der Waals surface area contributed by atoms with Crippen molar-refractivity contribution in [3.05, 3.63) is 0 Å². The summed E-state index contributed by atoms with van der Waals surface area (Å²) in [6, 6.07) is 0. The summed E-state index contributed by atoms with van der Waals surface area (Å²) in [5, 5.41) is 0. The fourth-order valence-corrected chi connectivity index (χ4v) is 1.66. The van der Waals surface area contributed by atoms with E-state index in [1.807, 2.05) is 13.8 Å². The van der Waals surface area contributed by atoms with E-state index in [1.165, 1.54) is 0 Å². The molecular weight excluding hydrogens is 256 g/mol. The second-order valence-electron chi connectivity index (χ2n) is 6.32. The average molecular weight is 288 g/mol. The molecule has 0 spiro atoms. The first-order valence-electron chi connectivity index (χ1n) is 7.69. The molecule has 120 valence electrons. The number of hydrogen-bond donors (Lipinski definition) is 0. The van der Waals surface area contributed by atoms with Gasteiger partial charge in [-0.05, 0) is 34.1 Å². The van der Waals surface area contributed by atoms with Crippen LogP contribution in [0.3, 0.4) is 0 Å². The predicted octanol–water partition coefficient (Wildman–Crippen LogP) is 4.27. The van der Waals surface area contributed by atoms with E-state index in [4.69, 9.17) is 14.5 Å². The van der Waals surface area contributed by atoms with Gasteiger partial charge >= 0.3 is 5.97 Å². The first-order valence-corrected chi connectivity index (χ1v) is 7.69. The Balaban J connectivity index is 0.000000361. The first kappa shape index (κ1) is 19.4. The van der Waals surface area contributed by atoms with E-state index in [0.29, 0.717) is 13.0 Å². The Hall–Kier alpha value is -0.610. The molecule has 1 aliphatic rings. The Morgan fingerprint density at radius 3 is 2.05 bits per heavy atom. The molecule has 4 heteroatoms. The summed E-state index contributed by atoms with van der Waals surface area (Å²) in [4.78, 5) is 20.9. The molecule has 0 radical (unpaired) electrons. The van der Waals surface area contributed by atoms with Gasteiger partial charge in [0.15, 0.2) is 0 Å². The number of unbranched alkanes of at least 4 members (excludes halogenated alkanes) is 2. The van der Waals surface area contributed by atoms with Crippen LogP contribution in [0, 0.1) is 5.41 Å². The van der Waals surface area contributed by atoms with Crippen molar-refractivity contribution in [3.63, 3.8) is 0 Å². The number of hydrogen-bond acceptors (Lipinski definition) is 4. The van der Waals surface area contributed by atoms with Gasteiger partial charge in [0.05, 0.1) is 12.7 Å². The first-order chi connectivity index (χ1) is 9.19. The summed E-state index contributed by atoms with van der Waals surface area (Å²) in [6.45, 7) is 14.9. The maximum atomic E-state index is 10.7. The van der Waals surface area contributed by atoms with Gasteiger partial charge in [-0.25, -0.2) is 9.78 Å². The number of rotatable bonds is 5. The molecule has 0 aliphatic carbocycles. The van der Waals surface area contributed by atoms with Crippen LogP contribution >= 0.6 is 0 Å². The van der Waals surface area contributed by atoms with Crippen LogP contribution < -0.4 is 0 Å². The van der Waals surface area contributed by atoms with Crippen LogP contribution in [0.2, 0.25) is 0 Å². The standard InChI is InChI=1S/2C8H16O2/c1-6-7(2,3)8(4,5)10-9-6;1-3-5-6-7-8(9)10-4-2/h6H,1-5H3;3-7H2,1-2H3. The van der Waals surface area contributed by atoms with E-state index in [9.17, 15) is 4.79 Å². The topological polar surface area (TPSA) is 44.8 Å². The zero-order chi connectivity index (χ0) is 15.8. The Morgan fingerprint density at radius 1 is 1.15 bits per heavy atom. The zero-order valence-corrected chi connectivity index (χ0v) is 14.2. The summed E-state index contributed by atoms with van der Waals surface area (Å²) >= 11 is 0. The quantitative estimate of drug-likeness (QED) is 0.430. The number of esters is 1. The summed E-state index contributed by atoms with van der Waals surface area (Å²) < 4.78 is 4.75. The third-order valence-corrected chi connectivity index (χ3v) is 4.26. The van der Waals surface area contributed by atoms with E-state index in [2.05, 4.69) is 34.6 Å². The van der Waals surface area contributed by atoms with Crippen molar-refractivity contribution in [1.82, 2.24) is 0 Å². The van der Waals surface area contributed by atoms with Crippen molar-refractivity contribution in [1.29, 1.82) is 0 Å². The molecule has 1 rings (SSSR count). The van der Waals surface area contributed by atoms with Gasteiger partial charge in [0.2, 0.25) is 0 Å². The molecule has 4 nitrogen and oxygen atoms in total. The molecule has 1 heterocycles. The molecule has 1 fully saturated rings. The van der Waals surface area contributed by atoms with Crippen LogP contribution in [0.5, 0.6) is 0 Å². The molecule has 0 aromatic heterocycles. The van der Waals surface area contributed by atoms with Crippen molar-refractivity contribution >= 4 is 5.97 Å². The van der Waals surface area contributed by atoms with Gasteiger partial charge in [-0.15, -0.1) is 0 Å². The molecule has 20 heavy (non-hydrogen) atoms. The van der Waals surface area contributed by atoms with Crippen LogP contribution in [0.15, 0.2) is 0 Å². The highest BCUT2D eigenvalue weighted by Crippen LogP contribution is 2.44. The van der Waals surface area contributed by atoms with Gasteiger partial charge in [0, 0.05) is 11.8 Å². The summed E-state index contributed by atoms with van der Waals surface area (Å²) in [7, 11) is 0. The summed E-state index contributed by atoms with van der Waals surface area (Å²) in [6.07, 6.45) is 4.01. The van der Waals surface area contributed by atoms with Crippen molar-refractivity contribution in [2.75, 3.05) is 6.61 Å². The molecule has 0 amide bonds. The molecule has 1 saturated heterocycles. The van der Waals surface area contributed by atoms with Crippen molar-refractivity contribution in [2.24, 2.45) is 5.41 Å². The van der Waals surface area contributed by atoms with E-state index < -0.39 is 0 Å². The Labute approximate surface area is 124 Å². The monoisotopic (exact) mass is 288 g/mol. The Kier molecular flexibility index (Phi) is 8.36. The predicted molar refractivity (Wildman–Crippen MR) is 80.3 cm³/mol. The minimum absolute atomic E-state index is 0.0593. The van der Waals surface area contributed by atoms with Crippen LogP contribution in [0.1, 0.15) is 74.1 Å². The van der Waals surface area contributed by atoms with Crippen LogP contribution in [-0.4, -0.2) is 24.3 Å². The van der Waals surface area contributed by atoms with Gasteiger partial charge < -0.3 is 4.74 Å². The molecule has 0 aromatic carbocycles. The lowest BCUT2D eigenvalue weighted by atomic mass is 9.74. The van der Waals surface area contributed by atoms with Gasteiger partial charge in [-0.1, -0.05) is 33.6 Å². The van der Waals surface area contributed by atoms with E-state index in [0.717, 1.165) is 19.3 Å². The highest BCUT2D eigenvalue weighted by Gasteiger charge is 2.50.